The molecule has 1 amide bonds. The molecular formula is C32H36N2O3S. The summed E-state index contributed by atoms with van der Waals surface area (Å²) in [5, 5.41) is 0. The lowest BCUT2D eigenvalue weighted by molar-refractivity contribution is -0.138. The molecular weight excluding hydrogens is 492 g/mol. The Balaban J connectivity index is 1.30. The van der Waals surface area contributed by atoms with Crippen molar-refractivity contribution in [2.24, 2.45) is 11.8 Å². The van der Waals surface area contributed by atoms with Crippen LogP contribution in [0.3, 0.4) is 0 Å². The molecule has 4 atom stereocenters. The second-order valence-corrected chi connectivity index (χ2v) is 13.0. The molecule has 1 spiro atoms. The van der Waals surface area contributed by atoms with E-state index in [1.165, 1.54) is 5.56 Å². The Morgan fingerprint density at radius 1 is 0.816 bits per heavy atom. The molecule has 3 fully saturated rings. The van der Waals surface area contributed by atoms with Crippen LogP contribution in [-0.2, 0) is 21.2 Å². The molecule has 1 aliphatic carbocycles. The first-order valence-electron chi connectivity index (χ1n) is 14.0. The van der Waals surface area contributed by atoms with E-state index in [0.29, 0.717) is 23.1 Å². The van der Waals surface area contributed by atoms with E-state index in [1.54, 1.807) is 12.1 Å². The van der Waals surface area contributed by atoms with Crippen LogP contribution in [0.2, 0.25) is 0 Å². The lowest BCUT2D eigenvalue weighted by Gasteiger charge is -2.53. The lowest BCUT2D eigenvalue weighted by atomic mass is 9.61. The maximum absolute atomic E-state index is 13.7. The Hall–Kier alpha value is -2.96. The van der Waals surface area contributed by atoms with Crippen molar-refractivity contribution >= 4 is 15.9 Å². The number of rotatable bonds is 6. The number of benzene rings is 3. The average molecular weight is 529 g/mol. The molecule has 6 rings (SSSR count). The summed E-state index contributed by atoms with van der Waals surface area (Å²) < 4.78 is 30.5. The Labute approximate surface area is 226 Å². The average Bonchev–Trinajstić information content (AvgIpc) is 3.31. The second kappa shape index (κ2) is 10.3. The van der Waals surface area contributed by atoms with Crippen molar-refractivity contribution in [1.29, 1.82) is 0 Å². The van der Waals surface area contributed by atoms with Crippen LogP contribution in [0.5, 0.6) is 0 Å². The molecule has 1 N–H and O–H groups in total. The summed E-state index contributed by atoms with van der Waals surface area (Å²) in [7, 11) is -3.70. The van der Waals surface area contributed by atoms with Gasteiger partial charge in [0.15, 0.2) is 0 Å². The smallest absolute Gasteiger partial charge is 0.240 e. The second-order valence-electron chi connectivity index (χ2n) is 11.3. The van der Waals surface area contributed by atoms with Gasteiger partial charge in [0.25, 0.3) is 0 Å². The van der Waals surface area contributed by atoms with E-state index in [9.17, 15) is 13.2 Å². The molecule has 0 bridgehead atoms. The number of nitrogens with zero attached hydrogens (tertiary/aromatic N) is 1. The summed E-state index contributed by atoms with van der Waals surface area (Å²) in [6.45, 7) is 0.845. The largest absolute Gasteiger partial charge is 0.337 e. The summed E-state index contributed by atoms with van der Waals surface area (Å²) in [6, 6.07) is 27.4. The minimum atomic E-state index is -3.70. The maximum atomic E-state index is 13.7. The number of carbonyl (C=O) groups is 1. The van der Waals surface area contributed by atoms with Crippen LogP contribution < -0.4 is 4.72 Å². The van der Waals surface area contributed by atoms with E-state index in [-0.39, 0.29) is 17.5 Å². The highest BCUT2D eigenvalue weighted by Crippen LogP contribution is 2.52. The van der Waals surface area contributed by atoms with Gasteiger partial charge in [-0.1, -0.05) is 72.8 Å². The predicted molar refractivity (Wildman–Crippen MR) is 150 cm³/mol. The summed E-state index contributed by atoms with van der Waals surface area (Å²) >= 11 is 0. The molecule has 2 saturated heterocycles. The molecule has 38 heavy (non-hydrogen) atoms. The molecule has 3 aromatic rings. The Bertz CT molecular complexity index is 1380. The predicted octanol–water partition coefficient (Wildman–Crippen LogP) is 5.81. The zero-order valence-electron chi connectivity index (χ0n) is 21.8. The third kappa shape index (κ3) is 4.69. The molecule has 0 radical (unpaired) electrons. The highest BCUT2D eigenvalue weighted by molar-refractivity contribution is 7.89. The monoisotopic (exact) mass is 528 g/mol. The van der Waals surface area contributed by atoms with Crippen LogP contribution in [0.25, 0.3) is 11.1 Å². The maximum Gasteiger partial charge on any atom is 0.240 e. The van der Waals surface area contributed by atoms with Crippen molar-refractivity contribution in [3.05, 3.63) is 90.5 Å². The quantitative estimate of drug-likeness (QED) is 0.439. The summed E-state index contributed by atoms with van der Waals surface area (Å²) in [4.78, 5) is 15.5. The molecule has 2 heterocycles. The van der Waals surface area contributed by atoms with Gasteiger partial charge in [0.2, 0.25) is 15.9 Å². The number of nitrogens with one attached hydrogen (secondary N) is 1. The fraction of sp³-hybridized carbons (Fsp3) is 0.406. The van der Waals surface area contributed by atoms with E-state index >= 15 is 0 Å². The molecule has 3 aliphatic rings. The van der Waals surface area contributed by atoms with E-state index in [2.05, 4.69) is 33.9 Å². The Morgan fingerprint density at radius 2 is 1.50 bits per heavy atom. The first-order valence-corrected chi connectivity index (χ1v) is 15.5. The first kappa shape index (κ1) is 25.3. The van der Waals surface area contributed by atoms with Gasteiger partial charge in [-0.3, -0.25) is 4.79 Å². The highest BCUT2D eigenvalue weighted by atomic mass is 32.2. The molecule has 198 valence electrons. The van der Waals surface area contributed by atoms with Gasteiger partial charge in [-0.25, -0.2) is 13.1 Å². The normalized spacial score (nSPS) is 27.4. The van der Waals surface area contributed by atoms with Crippen molar-refractivity contribution in [2.75, 3.05) is 6.54 Å². The molecule has 2 aliphatic heterocycles. The number of amides is 1. The summed E-state index contributed by atoms with van der Waals surface area (Å²) in [5.74, 6) is 0.718. The van der Waals surface area contributed by atoms with E-state index in [4.69, 9.17) is 0 Å². The molecule has 0 unspecified atom stereocenters. The zero-order chi connectivity index (χ0) is 26.2. The van der Waals surface area contributed by atoms with Crippen molar-refractivity contribution < 1.29 is 13.2 Å². The number of hydrogen-bond acceptors (Lipinski definition) is 3. The SMILES string of the molecule is O=C1CCC[C@H]2[C@@H](Cc3ccccc3)[C@@H](NS(=O)(=O)c3ccc(-c4ccccc4)cc3)CC[C@]23CCCN13. The van der Waals surface area contributed by atoms with Crippen LogP contribution in [-0.4, -0.2) is 37.4 Å². The van der Waals surface area contributed by atoms with Gasteiger partial charge in [-0.2, -0.15) is 0 Å². The fourth-order valence-electron chi connectivity index (χ4n) is 7.54. The molecule has 0 aromatic heterocycles. The van der Waals surface area contributed by atoms with Crippen molar-refractivity contribution in [3.8, 4) is 11.1 Å². The minimum Gasteiger partial charge on any atom is -0.337 e. The van der Waals surface area contributed by atoms with Crippen molar-refractivity contribution in [3.63, 3.8) is 0 Å². The van der Waals surface area contributed by atoms with Crippen molar-refractivity contribution in [2.45, 2.75) is 67.8 Å². The number of sulfonamides is 1. The van der Waals surface area contributed by atoms with Crippen LogP contribution in [0.4, 0.5) is 0 Å². The molecule has 1 saturated carbocycles. The Morgan fingerprint density at radius 3 is 2.24 bits per heavy atom. The summed E-state index contributed by atoms with van der Waals surface area (Å²) in [6.07, 6.45) is 6.99. The van der Waals surface area contributed by atoms with Crippen molar-refractivity contribution in [1.82, 2.24) is 9.62 Å². The van der Waals surface area contributed by atoms with Crippen LogP contribution in [0.15, 0.2) is 89.8 Å². The van der Waals surface area contributed by atoms with Gasteiger partial charge >= 0.3 is 0 Å². The van der Waals surface area contributed by atoms with Gasteiger partial charge in [0.05, 0.1) is 4.90 Å². The third-order valence-corrected chi connectivity index (χ3v) is 10.7. The fourth-order valence-corrected chi connectivity index (χ4v) is 8.86. The van der Waals surface area contributed by atoms with Crippen LogP contribution in [0.1, 0.15) is 50.5 Å². The Kier molecular flexibility index (Phi) is 6.87. The van der Waals surface area contributed by atoms with Gasteiger partial charge in [0.1, 0.15) is 0 Å². The summed E-state index contributed by atoms with van der Waals surface area (Å²) in [5.41, 5.74) is 3.17. The number of hydrogen-bond donors (Lipinski definition) is 1. The van der Waals surface area contributed by atoms with E-state index in [1.807, 2.05) is 48.5 Å². The standard InChI is InChI=1S/C32H36N2O3S/c35-31-14-7-13-29-28(23-24-9-3-1-4-10-24)30(19-21-32(29)20-8-22-34(31)32)33-38(36,37)27-17-15-26(16-18-27)25-11-5-2-6-12-25/h1-6,9-12,15-18,28-30,33H,7-8,13-14,19-23H2/t28-,29+,30+,32-/m1/s1. The van der Waals surface area contributed by atoms with Gasteiger partial charge in [-0.15, -0.1) is 0 Å². The van der Waals surface area contributed by atoms with E-state index in [0.717, 1.165) is 62.6 Å². The number of carbonyl (C=O) groups excluding carboxylic acids is 1. The van der Waals surface area contributed by atoms with Gasteiger partial charge in [0, 0.05) is 24.5 Å². The molecule has 6 heteroatoms. The molecule has 3 aromatic carbocycles. The van der Waals surface area contributed by atoms with Gasteiger partial charge < -0.3 is 4.90 Å². The van der Waals surface area contributed by atoms with Crippen LogP contribution >= 0.6 is 0 Å². The lowest BCUT2D eigenvalue weighted by Crippen LogP contribution is -2.60. The highest BCUT2D eigenvalue weighted by Gasteiger charge is 2.56. The first-order chi connectivity index (χ1) is 18.5. The third-order valence-electron chi connectivity index (χ3n) is 9.24. The van der Waals surface area contributed by atoms with Gasteiger partial charge in [-0.05, 0) is 85.6 Å². The zero-order valence-corrected chi connectivity index (χ0v) is 22.6. The minimum absolute atomic E-state index is 0.119. The molecule has 5 nitrogen and oxygen atoms in total. The van der Waals surface area contributed by atoms with Crippen LogP contribution in [0, 0.1) is 11.8 Å². The topological polar surface area (TPSA) is 66.5 Å². The van der Waals surface area contributed by atoms with E-state index < -0.39 is 10.0 Å².